The zero-order valence-corrected chi connectivity index (χ0v) is 9.19. The Morgan fingerprint density at radius 1 is 1.41 bits per heavy atom. The van der Waals surface area contributed by atoms with Gasteiger partial charge in [0, 0.05) is 12.5 Å². The number of nitrogens with zero attached hydrogens (tertiary/aromatic N) is 1. The molecule has 0 bridgehead atoms. The molecule has 0 spiro atoms. The van der Waals surface area contributed by atoms with Crippen LogP contribution in [0, 0.1) is 11.3 Å². The fourth-order valence-electron chi connectivity index (χ4n) is 1.42. The molecule has 1 unspecified atom stereocenters. The van der Waals surface area contributed by atoms with Gasteiger partial charge < -0.3 is 4.74 Å². The number of halogens is 2. The summed E-state index contributed by atoms with van der Waals surface area (Å²) >= 11 is 0. The molecule has 1 aromatic carbocycles. The highest BCUT2D eigenvalue weighted by Gasteiger charge is 2.20. The summed E-state index contributed by atoms with van der Waals surface area (Å²) in [5, 5.41) is 8.91. The van der Waals surface area contributed by atoms with Crippen LogP contribution in [-0.2, 0) is 9.53 Å². The minimum atomic E-state index is -2.65. The lowest BCUT2D eigenvalue weighted by Gasteiger charge is -2.13. The summed E-state index contributed by atoms with van der Waals surface area (Å²) in [4.78, 5) is 10.6. The quantitative estimate of drug-likeness (QED) is 0.759. The van der Waals surface area contributed by atoms with Gasteiger partial charge in [0.25, 0.3) is 6.43 Å². The number of ether oxygens (including phenoxy) is 1. The molecule has 90 valence electrons. The van der Waals surface area contributed by atoms with E-state index in [4.69, 9.17) is 5.26 Å². The minimum absolute atomic E-state index is 0.200. The van der Waals surface area contributed by atoms with Crippen LogP contribution in [0.25, 0.3) is 0 Å². The lowest BCUT2D eigenvalue weighted by atomic mass is 9.96. The van der Waals surface area contributed by atoms with Gasteiger partial charge in [0.2, 0.25) is 0 Å². The fraction of sp³-hybridized carbons (Fsp3) is 0.333. The molecule has 0 radical (unpaired) electrons. The number of carbonyl (C=O) groups excluding carboxylic acids is 1. The van der Waals surface area contributed by atoms with Gasteiger partial charge >= 0.3 is 5.97 Å². The summed E-state index contributed by atoms with van der Waals surface area (Å²) in [7, 11) is 0. The van der Waals surface area contributed by atoms with Crippen molar-refractivity contribution in [1.29, 1.82) is 5.26 Å². The number of rotatable bonds is 4. The van der Waals surface area contributed by atoms with Crippen LogP contribution in [0.15, 0.2) is 24.3 Å². The molecule has 0 heterocycles. The third-order valence-corrected chi connectivity index (χ3v) is 2.22. The number of nitriles is 1. The second-order valence-electron chi connectivity index (χ2n) is 3.41. The molecule has 0 N–H and O–H groups in total. The molecule has 0 amide bonds. The lowest BCUT2D eigenvalue weighted by molar-refractivity contribution is -0.141. The number of benzene rings is 1. The second kappa shape index (κ2) is 5.94. The Bertz CT molecular complexity index is 440. The van der Waals surface area contributed by atoms with Crippen LogP contribution in [0.4, 0.5) is 8.78 Å². The predicted octanol–water partition coefficient (Wildman–Crippen LogP) is 2.79. The molecule has 3 nitrogen and oxygen atoms in total. The Balaban J connectivity index is 2.96. The Morgan fingerprint density at radius 2 is 2.00 bits per heavy atom. The van der Waals surface area contributed by atoms with E-state index in [9.17, 15) is 13.6 Å². The number of esters is 1. The van der Waals surface area contributed by atoms with Crippen molar-refractivity contribution in [3.63, 3.8) is 0 Å². The van der Waals surface area contributed by atoms with Gasteiger partial charge in [-0.2, -0.15) is 5.26 Å². The van der Waals surface area contributed by atoms with E-state index >= 15 is 0 Å². The van der Waals surface area contributed by atoms with Crippen molar-refractivity contribution in [1.82, 2.24) is 0 Å². The number of hydrogen-bond acceptors (Lipinski definition) is 3. The number of hydrogen-bond donors (Lipinski definition) is 0. The maximum absolute atomic E-state index is 12.7. The van der Waals surface area contributed by atoms with E-state index in [0.717, 1.165) is 0 Å². The van der Waals surface area contributed by atoms with Crippen LogP contribution in [0.3, 0.4) is 0 Å². The summed E-state index contributed by atoms with van der Waals surface area (Å²) in [5.41, 5.74) is -0.00236. The highest BCUT2D eigenvalue weighted by atomic mass is 19.3. The second-order valence-corrected chi connectivity index (χ2v) is 3.41. The first-order chi connectivity index (χ1) is 8.06. The standard InChI is InChI=1S/C12H11F2NO2/c1-8(16)17-7-9(6-15)10-4-2-3-5-11(10)12(13)14/h2-5,9,12H,7H2,1H3. The smallest absolute Gasteiger partial charge is 0.302 e. The number of alkyl halides is 2. The first-order valence-electron chi connectivity index (χ1n) is 4.96. The van der Waals surface area contributed by atoms with Crippen molar-refractivity contribution in [2.45, 2.75) is 19.3 Å². The Kier molecular flexibility index (Phi) is 4.58. The van der Waals surface area contributed by atoms with Crippen LogP contribution >= 0.6 is 0 Å². The van der Waals surface area contributed by atoms with Gasteiger partial charge in [-0.15, -0.1) is 0 Å². The Hall–Kier alpha value is -1.96. The molecule has 1 aromatic rings. The molecule has 0 aliphatic carbocycles. The molecule has 1 atom stereocenters. The molecule has 0 aliphatic heterocycles. The Labute approximate surface area is 97.6 Å². The fourth-order valence-corrected chi connectivity index (χ4v) is 1.42. The summed E-state index contributed by atoms with van der Waals surface area (Å²) in [6.07, 6.45) is -2.65. The van der Waals surface area contributed by atoms with E-state index in [2.05, 4.69) is 4.74 Å². The molecular weight excluding hydrogens is 228 g/mol. The Morgan fingerprint density at radius 3 is 2.47 bits per heavy atom. The van der Waals surface area contributed by atoms with Gasteiger partial charge in [0.05, 0.1) is 6.07 Å². The minimum Gasteiger partial charge on any atom is -0.464 e. The lowest BCUT2D eigenvalue weighted by Crippen LogP contribution is -2.11. The van der Waals surface area contributed by atoms with E-state index in [-0.39, 0.29) is 17.7 Å². The summed E-state index contributed by atoms with van der Waals surface area (Å²) < 4.78 is 30.1. The molecule has 0 aromatic heterocycles. The van der Waals surface area contributed by atoms with Gasteiger partial charge in [0.15, 0.2) is 0 Å². The summed E-state index contributed by atoms with van der Waals surface area (Å²) in [6, 6.07) is 7.61. The van der Waals surface area contributed by atoms with Gasteiger partial charge in [0.1, 0.15) is 12.5 Å². The zero-order chi connectivity index (χ0) is 12.8. The first-order valence-corrected chi connectivity index (χ1v) is 4.96. The van der Waals surface area contributed by atoms with Crippen LogP contribution in [0.5, 0.6) is 0 Å². The molecular formula is C12H11F2NO2. The molecule has 17 heavy (non-hydrogen) atoms. The van der Waals surface area contributed by atoms with E-state index in [1.165, 1.54) is 25.1 Å². The van der Waals surface area contributed by atoms with E-state index in [1.54, 1.807) is 6.07 Å². The zero-order valence-electron chi connectivity index (χ0n) is 9.19. The van der Waals surface area contributed by atoms with Gasteiger partial charge in [-0.1, -0.05) is 24.3 Å². The highest BCUT2D eigenvalue weighted by Crippen LogP contribution is 2.28. The van der Waals surface area contributed by atoms with Gasteiger partial charge in [-0.3, -0.25) is 4.79 Å². The van der Waals surface area contributed by atoms with Crippen LogP contribution in [0.1, 0.15) is 30.4 Å². The van der Waals surface area contributed by atoms with Crippen LogP contribution < -0.4 is 0 Å². The van der Waals surface area contributed by atoms with Crippen molar-refractivity contribution in [3.05, 3.63) is 35.4 Å². The van der Waals surface area contributed by atoms with Crippen molar-refractivity contribution >= 4 is 5.97 Å². The third kappa shape index (κ3) is 3.52. The van der Waals surface area contributed by atoms with Crippen LogP contribution in [-0.4, -0.2) is 12.6 Å². The monoisotopic (exact) mass is 239 g/mol. The summed E-state index contributed by atoms with van der Waals surface area (Å²) in [5.74, 6) is -1.41. The predicted molar refractivity (Wildman–Crippen MR) is 56.4 cm³/mol. The third-order valence-electron chi connectivity index (χ3n) is 2.22. The van der Waals surface area contributed by atoms with Crippen molar-refractivity contribution in [3.8, 4) is 6.07 Å². The average Bonchev–Trinajstić information content (AvgIpc) is 2.30. The normalized spacial score (nSPS) is 11.9. The average molecular weight is 239 g/mol. The first kappa shape index (κ1) is 13.1. The molecule has 1 rings (SSSR count). The van der Waals surface area contributed by atoms with E-state index in [0.29, 0.717) is 0 Å². The van der Waals surface area contributed by atoms with Crippen molar-refractivity contribution in [2.24, 2.45) is 0 Å². The topological polar surface area (TPSA) is 50.1 Å². The van der Waals surface area contributed by atoms with Gasteiger partial charge in [-0.05, 0) is 5.56 Å². The number of carbonyl (C=O) groups is 1. The SMILES string of the molecule is CC(=O)OCC(C#N)c1ccccc1C(F)F. The molecule has 0 aliphatic rings. The van der Waals surface area contributed by atoms with E-state index < -0.39 is 18.3 Å². The molecule has 5 heteroatoms. The summed E-state index contributed by atoms with van der Waals surface area (Å²) in [6.45, 7) is 0.989. The molecule has 0 saturated carbocycles. The van der Waals surface area contributed by atoms with E-state index in [1.807, 2.05) is 6.07 Å². The van der Waals surface area contributed by atoms with Crippen molar-refractivity contribution < 1.29 is 18.3 Å². The molecule has 0 saturated heterocycles. The molecule has 0 fully saturated rings. The maximum atomic E-state index is 12.7. The largest absolute Gasteiger partial charge is 0.464 e. The highest BCUT2D eigenvalue weighted by molar-refractivity contribution is 5.66. The maximum Gasteiger partial charge on any atom is 0.302 e. The van der Waals surface area contributed by atoms with Crippen LogP contribution in [0.2, 0.25) is 0 Å². The van der Waals surface area contributed by atoms with Crippen molar-refractivity contribution in [2.75, 3.05) is 6.61 Å². The van der Waals surface area contributed by atoms with Gasteiger partial charge in [-0.25, -0.2) is 8.78 Å².